The predicted octanol–water partition coefficient (Wildman–Crippen LogP) is 3.69. The highest BCUT2D eigenvalue weighted by molar-refractivity contribution is 7.89. The van der Waals surface area contributed by atoms with Gasteiger partial charge in [0.2, 0.25) is 15.9 Å². The fraction of sp³-hybridized carbons (Fsp3) is 0.409. The third-order valence-corrected chi connectivity index (χ3v) is 8.60. The summed E-state index contributed by atoms with van der Waals surface area (Å²) in [6.07, 6.45) is 1.78. The Morgan fingerprint density at radius 1 is 1.00 bits per heavy atom. The van der Waals surface area contributed by atoms with Gasteiger partial charge in [-0.15, -0.1) is 0 Å². The summed E-state index contributed by atoms with van der Waals surface area (Å²) in [6, 6.07) is 14.3. The Morgan fingerprint density at radius 3 is 2.27 bits per heavy atom. The summed E-state index contributed by atoms with van der Waals surface area (Å²) in [5, 5.41) is 0.220. The molecular formula is C22H25ClN2O4S. The average Bonchev–Trinajstić information content (AvgIpc) is 3.05. The highest BCUT2D eigenvalue weighted by Gasteiger charge is 2.50. The molecule has 160 valence electrons. The molecule has 0 radical (unpaired) electrons. The van der Waals surface area contributed by atoms with Crippen LogP contribution in [0.3, 0.4) is 0 Å². The van der Waals surface area contributed by atoms with Crippen LogP contribution in [0.4, 0.5) is 5.69 Å². The normalized spacial score (nSPS) is 19.5. The third-order valence-electron chi connectivity index (χ3n) is 6.21. The van der Waals surface area contributed by atoms with Crippen molar-refractivity contribution in [1.29, 1.82) is 0 Å². The fourth-order valence-corrected chi connectivity index (χ4v) is 6.35. The molecule has 2 aliphatic rings. The van der Waals surface area contributed by atoms with Crippen LogP contribution in [0.25, 0.3) is 0 Å². The Hall–Kier alpha value is -1.93. The van der Waals surface area contributed by atoms with Crippen LogP contribution in [0.5, 0.6) is 0 Å². The lowest BCUT2D eigenvalue weighted by molar-refractivity contribution is -0.127. The van der Waals surface area contributed by atoms with Crippen molar-refractivity contribution in [2.24, 2.45) is 5.41 Å². The van der Waals surface area contributed by atoms with Crippen LogP contribution in [0.2, 0.25) is 5.02 Å². The topological polar surface area (TPSA) is 66.9 Å². The lowest BCUT2D eigenvalue weighted by atomic mass is 9.77. The quantitative estimate of drug-likeness (QED) is 0.699. The van der Waals surface area contributed by atoms with Crippen molar-refractivity contribution < 1.29 is 17.9 Å². The molecule has 2 saturated heterocycles. The van der Waals surface area contributed by atoms with Crippen molar-refractivity contribution in [2.75, 3.05) is 31.6 Å². The first-order valence-corrected chi connectivity index (χ1v) is 11.8. The molecule has 6 nitrogen and oxygen atoms in total. The summed E-state index contributed by atoms with van der Waals surface area (Å²) in [4.78, 5) is 15.2. The molecule has 2 heterocycles. The first-order valence-electron chi connectivity index (χ1n) is 10.0. The van der Waals surface area contributed by atoms with Gasteiger partial charge in [0.25, 0.3) is 0 Å². The molecule has 2 aromatic rings. The van der Waals surface area contributed by atoms with E-state index in [1.165, 1.54) is 10.4 Å². The Bertz CT molecular complexity index is 1030. The number of hydrogen-bond donors (Lipinski definition) is 0. The zero-order valence-electron chi connectivity index (χ0n) is 16.9. The second-order valence-corrected chi connectivity index (χ2v) is 10.2. The maximum atomic E-state index is 13.3. The number of ether oxygens (including phenoxy) is 1. The van der Waals surface area contributed by atoms with E-state index in [0.717, 1.165) is 17.7 Å². The van der Waals surface area contributed by atoms with Gasteiger partial charge >= 0.3 is 0 Å². The van der Waals surface area contributed by atoms with Gasteiger partial charge in [0, 0.05) is 32.4 Å². The number of rotatable bonds is 5. The van der Waals surface area contributed by atoms with Crippen LogP contribution in [0.15, 0.2) is 53.4 Å². The number of hydrogen-bond acceptors (Lipinski definition) is 4. The summed E-state index contributed by atoms with van der Waals surface area (Å²) < 4.78 is 32.6. The van der Waals surface area contributed by atoms with E-state index in [4.69, 9.17) is 16.3 Å². The van der Waals surface area contributed by atoms with Crippen LogP contribution < -0.4 is 4.90 Å². The highest BCUT2D eigenvalue weighted by Crippen LogP contribution is 2.44. The number of amides is 1. The first kappa shape index (κ1) is 21.3. The molecule has 2 aliphatic heterocycles. The van der Waals surface area contributed by atoms with E-state index in [0.29, 0.717) is 39.1 Å². The Morgan fingerprint density at radius 2 is 1.63 bits per heavy atom. The number of benzene rings is 2. The molecule has 0 N–H and O–H groups in total. The number of carbonyl (C=O) groups is 1. The fourth-order valence-electron chi connectivity index (χ4n) is 4.42. The van der Waals surface area contributed by atoms with E-state index < -0.39 is 15.4 Å². The van der Waals surface area contributed by atoms with E-state index in [9.17, 15) is 13.2 Å². The number of halogens is 1. The third kappa shape index (κ3) is 3.75. The second kappa shape index (κ2) is 8.30. The van der Waals surface area contributed by atoms with Gasteiger partial charge in [-0.05, 0) is 49.1 Å². The number of sulfonamides is 1. The first-order chi connectivity index (χ1) is 14.4. The van der Waals surface area contributed by atoms with Crippen molar-refractivity contribution in [3.05, 3.63) is 59.1 Å². The predicted molar refractivity (Wildman–Crippen MR) is 116 cm³/mol. The van der Waals surface area contributed by atoms with Crippen molar-refractivity contribution >= 4 is 33.2 Å². The Kier molecular flexibility index (Phi) is 5.90. The largest absolute Gasteiger partial charge is 0.380 e. The number of nitrogens with zero attached hydrogens (tertiary/aromatic N) is 2. The molecule has 30 heavy (non-hydrogen) atoms. The number of piperidine rings is 1. The Balaban J connectivity index is 1.47. The zero-order valence-corrected chi connectivity index (χ0v) is 18.5. The molecule has 0 saturated carbocycles. The lowest BCUT2D eigenvalue weighted by Crippen LogP contribution is -2.46. The van der Waals surface area contributed by atoms with Crippen molar-refractivity contribution in [3.8, 4) is 0 Å². The summed E-state index contributed by atoms with van der Waals surface area (Å²) in [6.45, 7) is 1.83. The van der Waals surface area contributed by atoms with Gasteiger partial charge in [0.1, 0.15) is 4.90 Å². The van der Waals surface area contributed by atoms with E-state index in [2.05, 4.69) is 0 Å². The monoisotopic (exact) mass is 448 g/mol. The molecule has 4 rings (SSSR count). The van der Waals surface area contributed by atoms with Gasteiger partial charge in [-0.2, -0.15) is 4.31 Å². The minimum absolute atomic E-state index is 0.0942. The molecule has 8 heteroatoms. The molecule has 0 aliphatic carbocycles. The summed E-state index contributed by atoms with van der Waals surface area (Å²) in [5.74, 6) is 0.0942. The lowest BCUT2D eigenvalue weighted by Gasteiger charge is -2.37. The molecule has 0 bridgehead atoms. The van der Waals surface area contributed by atoms with E-state index in [-0.39, 0.29) is 15.8 Å². The zero-order chi connectivity index (χ0) is 21.4. The maximum Gasteiger partial charge on any atom is 0.244 e. The molecule has 0 aromatic heterocycles. The average molecular weight is 449 g/mol. The van der Waals surface area contributed by atoms with Gasteiger partial charge in [-0.25, -0.2) is 8.42 Å². The molecule has 1 spiro atoms. The van der Waals surface area contributed by atoms with Gasteiger partial charge in [-0.3, -0.25) is 4.79 Å². The molecule has 2 fully saturated rings. The van der Waals surface area contributed by atoms with Crippen LogP contribution >= 0.6 is 11.6 Å². The molecule has 0 atom stereocenters. The van der Waals surface area contributed by atoms with Gasteiger partial charge < -0.3 is 9.64 Å². The van der Waals surface area contributed by atoms with Gasteiger partial charge in [-0.1, -0.05) is 35.9 Å². The van der Waals surface area contributed by atoms with Crippen molar-refractivity contribution in [1.82, 2.24) is 4.31 Å². The van der Waals surface area contributed by atoms with Gasteiger partial charge in [0.15, 0.2) is 0 Å². The standard InChI is InChI=1S/C22H25ClN2O4S/c1-29-16-17-6-8-18(9-7-17)25-15-12-22(21(25)26)10-13-24(14-11-22)30(27,28)20-5-3-2-4-19(20)23/h2-9H,10-16H2,1H3. The molecule has 0 unspecified atom stereocenters. The summed E-state index contributed by atoms with van der Waals surface area (Å²) >= 11 is 6.12. The summed E-state index contributed by atoms with van der Waals surface area (Å²) in [7, 11) is -2.01. The number of carbonyl (C=O) groups excluding carboxylic acids is 1. The highest BCUT2D eigenvalue weighted by atomic mass is 35.5. The molecular weight excluding hydrogens is 424 g/mol. The van der Waals surface area contributed by atoms with Crippen LogP contribution in [0.1, 0.15) is 24.8 Å². The second-order valence-electron chi connectivity index (χ2n) is 7.92. The smallest absolute Gasteiger partial charge is 0.244 e. The number of methoxy groups -OCH3 is 1. The van der Waals surface area contributed by atoms with Crippen LogP contribution in [-0.2, 0) is 26.2 Å². The van der Waals surface area contributed by atoms with Crippen LogP contribution in [-0.4, -0.2) is 45.4 Å². The minimum atomic E-state index is -3.67. The van der Waals surface area contributed by atoms with E-state index in [1.807, 2.05) is 29.2 Å². The van der Waals surface area contributed by atoms with E-state index >= 15 is 0 Å². The SMILES string of the molecule is COCc1ccc(N2CCC3(CCN(S(=O)(=O)c4ccccc4Cl)CC3)C2=O)cc1. The minimum Gasteiger partial charge on any atom is -0.380 e. The van der Waals surface area contributed by atoms with Gasteiger partial charge in [0.05, 0.1) is 17.0 Å². The maximum absolute atomic E-state index is 13.3. The van der Waals surface area contributed by atoms with Crippen molar-refractivity contribution in [3.63, 3.8) is 0 Å². The molecule has 1 amide bonds. The summed E-state index contributed by atoms with van der Waals surface area (Å²) in [5.41, 5.74) is 1.45. The van der Waals surface area contributed by atoms with E-state index in [1.54, 1.807) is 25.3 Å². The molecule has 2 aromatic carbocycles. The van der Waals surface area contributed by atoms with Crippen LogP contribution in [0, 0.1) is 5.41 Å². The number of anilines is 1. The van der Waals surface area contributed by atoms with Crippen molar-refractivity contribution in [2.45, 2.75) is 30.8 Å². The Labute approximate surface area is 182 Å².